The number of ether oxygens (including phenoxy) is 4. The Kier molecular flexibility index (Phi) is 21.0. The first-order chi connectivity index (χ1) is 37.5. The number of amides is 5. The summed E-state index contributed by atoms with van der Waals surface area (Å²) >= 11 is 0. The maximum atomic E-state index is 14.6. The Hall–Kier alpha value is -4.76. The van der Waals surface area contributed by atoms with Gasteiger partial charge in [0.25, 0.3) is 0 Å². The summed E-state index contributed by atoms with van der Waals surface area (Å²) in [6.07, 6.45) is 10.7. The number of nitrogens with one attached hydrogen (secondary N) is 4. The van der Waals surface area contributed by atoms with E-state index in [1.807, 2.05) is 6.07 Å². The summed E-state index contributed by atoms with van der Waals surface area (Å²) in [4.78, 5) is 78.0. The number of aryl methyl sites for hydroxylation is 1. The molecule has 0 spiro atoms. The molecular weight excluding hydrogens is 1010 g/mol. The van der Waals surface area contributed by atoms with Gasteiger partial charge in [-0.1, -0.05) is 19.9 Å². The summed E-state index contributed by atoms with van der Waals surface area (Å²) in [5, 5.41) is 12.8. The molecule has 78 heavy (non-hydrogen) atoms. The number of halogens is 3. The van der Waals surface area contributed by atoms with Crippen LogP contribution in [0.1, 0.15) is 157 Å². The van der Waals surface area contributed by atoms with E-state index in [9.17, 15) is 37.1 Å². The number of hydrogen-bond acceptors (Lipinski definition) is 12. The van der Waals surface area contributed by atoms with Crippen molar-refractivity contribution in [1.82, 2.24) is 41.0 Å². The number of nitrogens with zero attached hydrogens (tertiary/aromatic N) is 4. The molecule has 432 valence electrons. The predicted molar refractivity (Wildman–Crippen MR) is 284 cm³/mol. The molecule has 3 aliphatic heterocycles. The van der Waals surface area contributed by atoms with Gasteiger partial charge in [-0.3, -0.25) is 33.9 Å². The highest BCUT2D eigenvalue weighted by Gasteiger charge is 2.51. The van der Waals surface area contributed by atoms with Crippen LogP contribution in [0, 0.1) is 23.2 Å². The maximum Gasteiger partial charge on any atom is 0.418 e. The Morgan fingerprint density at radius 2 is 1.65 bits per heavy atom. The molecule has 5 heterocycles. The number of rotatable bonds is 23. The minimum Gasteiger partial charge on any atom is -0.379 e. The summed E-state index contributed by atoms with van der Waals surface area (Å²) < 4.78 is 67.2. The number of alkyl halides is 3. The number of pyridine rings is 2. The van der Waals surface area contributed by atoms with Crippen molar-refractivity contribution in [1.29, 1.82) is 0 Å². The monoisotopic (exact) mass is 1090 g/mol. The van der Waals surface area contributed by atoms with Crippen LogP contribution in [0.15, 0.2) is 30.6 Å². The second kappa shape index (κ2) is 27.6. The van der Waals surface area contributed by atoms with Gasteiger partial charge in [-0.15, -0.1) is 0 Å². The fourth-order valence-electron chi connectivity index (χ4n) is 13.1. The lowest BCUT2D eigenvalue weighted by molar-refractivity contribution is -0.146. The average Bonchev–Trinajstić information content (AvgIpc) is 4.02. The van der Waals surface area contributed by atoms with E-state index >= 15 is 0 Å². The standard InChI is InChI=1S/C58H85F3N8O9/c1-37(2)57(23-20-42(33-57)65-49-22-29-76-36-50(49)75-4)56(74)69-27-21-47-40(35-69)31-46(58(59,60)61)48(67-47)10-5-6-25-63-54(72)38-12-14-41(15-13-38)66-51(70)11-8-28-77-43-16-18-44(19-17-43)78-30-26-64-55(73)45-32-52(71)68(3)53(45)39-9-7-24-62-34-39/h7,9,24,31,34,37-38,41-45,49-50,53,65H,5-6,8,10-23,25-30,32-33,35-36H2,1-4H3,(H,63,72)(H,64,73)(H,66,70)/t38?,41?,42-,43?,44?,45+,49+,50-,53-,57+/m1/s1. The van der Waals surface area contributed by atoms with Crippen LogP contribution in [-0.2, 0) is 68.5 Å². The van der Waals surface area contributed by atoms with Crippen LogP contribution in [0.2, 0.25) is 0 Å². The second-order valence-electron chi connectivity index (χ2n) is 23.2. The predicted octanol–water partition coefficient (Wildman–Crippen LogP) is 6.54. The molecule has 2 saturated heterocycles. The fourth-order valence-corrected chi connectivity index (χ4v) is 13.1. The second-order valence-corrected chi connectivity index (χ2v) is 23.2. The van der Waals surface area contributed by atoms with Crippen LogP contribution in [0.5, 0.6) is 0 Å². The van der Waals surface area contributed by atoms with Gasteiger partial charge in [-0.25, -0.2) is 0 Å². The van der Waals surface area contributed by atoms with Gasteiger partial charge < -0.3 is 50.0 Å². The third kappa shape index (κ3) is 15.2. The van der Waals surface area contributed by atoms with E-state index in [1.165, 1.54) is 6.07 Å². The molecule has 4 N–H and O–H groups in total. The quantitative estimate of drug-likeness (QED) is 0.0877. The minimum absolute atomic E-state index is 0.00518. The molecule has 20 heteroatoms. The lowest BCUT2D eigenvalue weighted by Gasteiger charge is -2.40. The largest absolute Gasteiger partial charge is 0.418 e. The van der Waals surface area contributed by atoms with Gasteiger partial charge in [-0.05, 0) is 132 Å². The molecule has 3 aliphatic carbocycles. The zero-order valence-corrected chi connectivity index (χ0v) is 46.3. The molecule has 0 aromatic carbocycles. The van der Waals surface area contributed by atoms with Crippen LogP contribution in [0.25, 0.3) is 0 Å². The molecule has 5 amide bonds. The first-order valence-corrected chi connectivity index (χ1v) is 29.0. The number of unbranched alkanes of at least 4 members (excludes halogenated alkanes) is 1. The summed E-state index contributed by atoms with van der Waals surface area (Å²) in [5.74, 6) is -0.901. The number of likely N-dealkylation sites (tertiary alicyclic amines) is 1. The van der Waals surface area contributed by atoms with Crippen molar-refractivity contribution in [3.05, 3.63) is 58.7 Å². The Morgan fingerprint density at radius 1 is 0.910 bits per heavy atom. The minimum atomic E-state index is -4.60. The van der Waals surface area contributed by atoms with Gasteiger partial charge >= 0.3 is 6.18 Å². The van der Waals surface area contributed by atoms with Gasteiger partial charge in [0.2, 0.25) is 29.5 Å². The van der Waals surface area contributed by atoms with Gasteiger partial charge in [-0.2, -0.15) is 13.2 Å². The molecule has 2 aromatic rings. The van der Waals surface area contributed by atoms with Crippen LogP contribution in [-0.4, -0.2) is 146 Å². The molecule has 0 unspecified atom stereocenters. The topological polar surface area (TPSA) is 203 Å². The molecular formula is C58H85F3N8O9. The zero-order chi connectivity index (χ0) is 55.4. The summed E-state index contributed by atoms with van der Waals surface area (Å²) in [5.41, 5.74) is 0.565. The van der Waals surface area contributed by atoms with Gasteiger partial charge in [0.1, 0.15) is 0 Å². The van der Waals surface area contributed by atoms with E-state index in [0.29, 0.717) is 128 Å². The first kappa shape index (κ1) is 59.4. The van der Waals surface area contributed by atoms with Crippen LogP contribution < -0.4 is 21.3 Å². The van der Waals surface area contributed by atoms with E-state index in [4.69, 9.17) is 18.9 Å². The van der Waals surface area contributed by atoms with E-state index in [1.54, 1.807) is 42.4 Å². The van der Waals surface area contributed by atoms with Crippen molar-refractivity contribution in [2.24, 2.45) is 23.2 Å². The molecule has 8 rings (SSSR count). The number of hydrogen-bond donors (Lipinski definition) is 4. The van der Waals surface area contributed by atoms with Gasteiger partial charge in [0, 0.05) is 115 Å². The third-order valence-electron chi connectivity index (χ3n) is 17.8. The number of carbonyl (C=O) groups excluding carboxylic acids is 5. The summed E-state index contributed by atoms with van der Waals surface area (Å²) in [7, 11) is 3.41. The molecule has 0 radical (unpaired) electrons. The Balaban J connectivity index is 0.668. The Bertz CT molecular complexity index is 2330. The van der Waals surface area contributed by atoms with Gasteiger partial charge in [0.05, 0.1) is 60.2 Å². The maximum absolute atomic E-state index is 14.6. The highest BCUT2D eigenvalue weighted by Crippen LogP contribution is 2.47. The van der Waals surface area contributed by atoms with Crippen molar-refractivity contribution in [3.8, 4) is 0 Å². The molecule has 0 bridgehead atoms. The van der Waals surface area contributed by atoms with E-state index in [-0.39, 0.29) is 109 Å². The van der Waals surface area contributed by atoms with Crippen molar-refractivity contribution in [2.45, 2.75) is 191 Å². The highest BCUT2D eigenvalue weighted by molar-refractivity contribution is 5.90. The van der Waals surface area contributed by atoms with Crippen molar-refractivity contribution >= 4 is 29.5 Å². The Labute approximate surface area is 458 Å². The first-order valence-electron chi connectivity index (χ1n) is 29.0. The zero-order valence-electron chi connectivity index (χ0n) is 46.3. The van der Waals surface area contributed by atoms with Crippen LogP contribution >= 0.6 is 0 Å². The number of aromatic nitrogens is 2. The third-order valence-corrected chi connectivity index (χ3v) is 17.8. The number of methoxy groups -OCH3 is 1. The van der Waals surface area contributed by atoms with Crippen LogP contribution in [0.4, 0.5) is 13.2 Å². The average molecular weight is 1100 g/mol. The van der Waals surface area contributed by atoms with E-state index < -0.39 is 23.1 Å². The molecule has 17 nitrogen and oxygen atoms in total. The summed E-state index contributed by atoms with van der Waals surface area (Å²) in [6.45, 7) is 7.44. The molecule has 6 aliphatic rings. The summed E-state index contributed by atoms with van der Waals surface area (Å²) in [6, 6.07) is 4.85. The molecule has 3 saturated carbocycles. The normalized spacial score (nSPS) is 28.6. The fraction of sp³-hybridized carbons (Fsp3) is 0.741. The number of fused-ring (bicyclic) bond motifs is 1. The van der Waals surface area contributed by atoms with E-state index in [2.05, 4.69) is 45.1 Å². The highest BCUT2D eigenvalue weighted by atomic mass is 19.4. The smallest absolute Gasteiger partial charge is 0.379 e. The molecule has 6 atom stereocenters. The lowest BCUT2D eigenvalue weighted by Crippen LogP contribution is -2.52. The van der Waals surface area contributed by atoms with Crippen molar-refractivity contribution < 1.29 is 56.1 Å². The Morgan fingerprint density at radius 3 is 2.36 bits per heavy atom. The number of carbonyl (C=O) groups is 5. The van der Waals surface area contributed by atoms with Gasteiger partial charge in [0.15, 0.2) is 0 Å². The van der Waals surface area contributed by atoms with Crippen molar-refractivity contribution in [2.75, 3.05) is 60.2 Å². The SMILES string of the molecule is CO[C@@H]1COCC[C@@H]1N[C@@H]1CC[C@@](C(=O)N2CCc3nc(CCCCNC(=O)C4CCC(NC(=O)CCCOC5CCC(OCCNC(=O)[C@H]6CC(=O)N(C)[C@@H]6c6cccnc6)CC5)CC4)c(C(F)(F)F)cc3C2)(C(C)C)C1. The molecule has 2 aromatic heterocycles. The van der Waals surface area contributed by atoms with Crippen molar-refractivity contribution in [3.63, 3.8) is 0 Å². The van der Waals surface area contributed by atoms with E-state index in [0.717, 1.165) is 44.1 Å². The lowest BCUT2D eigenvalue weighted by atomic mass is 9.74. The van der Waals surface area contributed by atoms with Crippen LogP contribution in [0.3, 0.4) is 0 Å². The molecule has 5 fully saturated rings.